The van der Waals surface area contributed by atoms with E-state index in [1.54, 1.807) is 0 Å². The summed E-state index contributed by atoms with van der Waals surface area (Å²) < 4.78 is 12.2. The van der Waals surface area contributed by atoms with Gasteiger partial charge in [0.15, 0.2) is 5.30 Å². The Morgan fingerprint density at radius 2 is 0.609 bits per heavy atom. The third kappa shape index (κ3) is 27.5. The molecule has 1 aromatic carbocycles. The molecular formula is C42H80O3P+. The monoisotopic (exact) mass is 664 g/mol. The number of hydrogen-bond acceptors (Lipinski definition) is 3. The summed E-state index contributed by atoms with van der Waals surface area (Å²) in [5, 5.41) is 0.808. The highest BCUT2D eigenvalue weighted by Crippen LogP contribution is 2.55. The van der Waals surface area contributed by atoms with Crippen molar-refractivity contribution >= 4 is 13.2 Å². The molecule has 1 aromatic rings. The lowest BCUT2D eigenvalue weighted by atomic mass is 10.0. The summed E-state index contributed by atoms with van der Waals surface area (Å²) in [7, 11) is -3.00. The van der Waals surface area contributed by atoms with E-state index in [1.807, 2.05) is 30.3 Å². The number of benzene rings is 1. The molecule has 46 heavy (non-hydrogen) atoms. The van der Waals surface area contributed by atoms with Gasteiger partial charge in [-0.15, -0.1) is 0 Å². The van der Waals surface area contributed by atoms with E-state index in [9.17, 15) is 4.89 Å². The zero-order chi connectivity index (χ0) is 33.1. The average Bonchev–Trinajstić information content (AvgIpc) is 3.08. The van der Waals surface area contributed by atoms with E-state index in [2.05, 4.69) is 13.8 Å². The molecule has 0 fully saturated rings. The van der Waals surface area contributed by atoms with E-state index in [-0.39, 0.29) is 0 Å². The van der Waals surface area contributed by atoms with Crippen LogP contribution in [0.1, 0.15) is 219 Å². The highest BCUT2D eigenvalue weighted by molar-refractivity contribution is 7.68. The minimum atomic E-state index is -3.00. The van der Waals surface area contributed by atoms with Crippen LogP contribution in [-0.2, 0) is 9.05 Å². The van der Waals surface area contributed by atoms with E-state index < -0.39 is 7.94 Å². The molecule has 0 aliphatic rings. The van der Waals surface area contributed by atoms with Crippen LogP contribution in [-0.4, -0.2) is 18.1 Å². The molecule has 0 aliphatic carbocycles. The van der Waals surface area contributed by atoms with Crippen LogP contribution in [0.5, 0.6) is 0 Å². The molecule has 0 atom stereocenters. The largest absolute Gasteiger partial charge is 0.446 e. The van der Waals surface area contributed by atoms with Gasteiger partial charge >= 0.3 is 7.94 Å². The Hall–Kier alpha value is -0.470. The topological polar surface area (TPSA) is 38.7 Å². The molecule has 4 heteroatoms. The van der Waals surface area contributed by atoms with Crippen molar-refractivity contribution in [1.29, 1.82) is 0 Å². The molecule has 0 bridgehead atoms. The second-order valence-corrected chi connectivity index (χ2v) is 16.2. The minimum absolute atomic E-state index is 0.580. The Bertz CT molecular complexity index is 674. The lowest BCUT2D eigenvalue weighted by molar-refractivity contribution is 0.179. The molecule has 0 saturated heterocycles. The van der Waals surface area contributed by atoms with Gasteiger partial charge in [0.1, 0.15) is 0 Å². The highest BCUT2D eigenvalue weighted by atomic mass is 31.2. The summed E-state index contributed by atoms with van der Waals surface area (Å²) in [6, 6.07) is 9.83. The Kier molecular flexibility index (Phi) is 32.6. The summed E-state index contributed by atoms with van der Waals surface area (Å²) in [4.78, 5) is 11.4. The van der Waals surface area contributed by atoms with Crippen LogP contribution in [0.2, 0.25) is 0 Å². The van der Waals surface area contributed by atoms with Crippen LogP contribution in [0.3, 0.4) is 0 Å². The van der Waals surface area contributed by atoms with Crippen molar-refractivity contribution in [3.05, 3.63) is 30.3 Å². The first-order chi connectivity index (χ1) is 22.7. The van der Waals surface area contributed by atoms with E-state index in [0.29, 0.717) is 13.2 Å². The van der Waals surface area contributed by atoms with Crippen LogP contribution in [0, 0.1) is 0 Å². The lowest BCUT2D eigenvalue weighted by Gasteiger charge is -2.17. The molecule has 0 heterocycles. The van der Waals surface area contributed by atoms with Gasteiger partial charge in [-0.3, -0.25) is 0 Å². The predicted octanol–water partition coefficient (Wildman–Crippen LogP) is 14.6. The number of rotatable bonds is 37. The van der Waals surface area contributed by atoms with Gasteiger partial charge in [0.25, 0.3) is 0 Å². The van der Waals surface area contributed by atoms with Gasteiger partial charge in [-0.1, -0.05) is 225 Å². The third-order valence-electron chi connectivity index (χ3n) is 9.61. The van der Waals surface area contributed by atoms with Gasteiger partial charge in [-0.2, -0.15) is 13.9 Å². The SMILES string of the molecule is CCCCCCCCCCCCCCCCCCO[P+](O)(OCCCCCCCCCCCCCCCCCC)c1ccccc1. The van der Waals surface area contributed by atoms with Crippen molar-refractivity contribution in [3.8, 4) is 0 Å². The number of hydrogen-bond donors (Lipinski definition) is 1. The maximum absolute atomic E-state index is 11.4. The van der Waals surface area contributed by atoms with Gasteiger partial charge in [0, 0.05) is 0 Å². The Morgan fingerprint density at radius 1 is 0.370 bits per heavy atom. The van der Waals surface area contributed by atoms with Crippen molar-refractivity contribution in [2.75, 3.05) is 13.2 Å². The summed E-state index contributed by atoms with van der Waals surface area (Å²) in [6.45, 7) is 5.75. The van der Waals surface area contributed by atoms with E-state index in [0.717, 1.165) is 18.1 Å². The van der Waals surface area contributed by atoms with Gasteiger partial charge in [0.05, 0.1) is 13.2 Å². The Labute approximate surface area is 289 Å². The standard InChI is InChI=1S/C42H80O3P/c1-3-5-7-9-11-13-15-17-19-21-23-25-27-29-31-36-40-44-46(43,42-38-34-33-35-39-42)45-41-37-32-30-28-26-24-22-20-18-16-14-12-10-8-6-4-2/h33-35,38-39,43H,3-32,36-37,40-41H2,1-2H3/q+1. The number of unbranched alkanes of at least 4 members (excludes halogenated alkanes) is 30. The molecule has 0 saturated carbocycles. The van der Waals surface area contributed by atoms with Gasteiger partial charge in [0.2, 0.25) is 0 Å². The summed E-state index contributed by atoms with van der Waals surface area (Å²) in [5.41, 5.74) is 0. The molecule has 1 rings (SSSR count). The highest BCUT2D eigenvalue weighted by Gasteiger charge is 2.43. The molecule has 0 unspecified atom stereocenters. The van der Waals surface area contributed by atoms with Crippen molar-refractivity contribution < 1.29 is 13.9 Å². The third-order valence-corrected chi connectivity index (χ3v) is 11.6. The molecule has 0 aliphatic heterocycles. The quantitative estimate of drug-likeness (QED) is 0.0569. The maximum Gasteiger partial charge on any atom is 0.446 e. The zero-order valence-corrected chi connectivity index (χ0v) is 32.0. The van der Waals surface area contributed by atoms with Gasteiger partial charge in [-0.05, 0) is 25.0 Å². The summed E-state index contributed by atoms with van der Waals surface area (Å²) in [5.74, 6) is 0. The van der Waals surface area contributed by atoms with E-state index >= 15 is 0 Å². The molecule has 0 spiro atoms. The first kappa shape index (κ1) is 43.6. The van der Waals surface area contributed by atoms with E-state index in [1.165, 1.54) is 193 Å². The van der Waals surface area contributed by atoms with Crippen LogP contribution in [0.25, 0.3) is 0 Å². The van der Waals surface area contributed by atoms with Crippen LogP contribution < -0.4 is 5.30 Å². The van der Waals surface area contributed by atoms with Crippen LogP contribution in [0.4, 0.5) is 0 Å². The molecular weight excluding hydrogens is 583 g/mol. The normalized spacial score (nSPS) is 11.9. The lowest BCUT2D eigenvalue weighted by Crippen LogP contribution is -2.17. The predicted molar refractivity (Wildman–Crippen MR) is 206 cm³/mol. The Balaban J connectivity index is 2.01. The zero-order valence-electron chi connectivity index (χ0n) is 31.1. The van der Waals surface area contributed by atoms with E-state index in [4.69, 9.17) is 9.05 Å². The van der Waals surface area contributed by atoms with Crippen molar-refractivity contribution in [2.24, 2.45) is 0 Å². The first-order valence-electron chi connectivity index (χ1n) is 20.7. The van der Waals surface area contributed by atoms with Gasteiger partial charge in [-0.25, -0.2) is 0 Å². The molecule has 1 N–H and O–H groups in total. The molecule has 270 valence electrons. The molecule has 3 nitrogen and oxygen atoms in total. The van der Waals surface area contributed by atoms with Crippen molar-refractivity contribution in [3.63, 3.8) is 0 Å². The minimum Gasteiger partial charge on any atom is -0.188 e. The molecule has 0 aromatic heterocycles. The Morgan fingerprint density at radius 3 is 0.870 bits per heavy atom. The molecule has 0 amide bonds. The summed E-state index contributed by atoms with van der Waals surface area (Å²) >= 11 is 0. The van der Waals surface area contributed by atoms with Crippen molar-refractivity contribution in [2.45, 2.75) is 219 Å². The first-order valence-corrected chi connectivity index (χ1v) is 22.3. The maximum atomic E-state index is 11.4. The van der Waals surface area contributed by atoms with Crippen molar-refractivity contribution in [1.82, 2.24) is 0 Å². The smallest absolute Gasteiger partial charge is 0.188 e. The fourth-order valence-electron chi connectivity index (χ4n) is 6.48. The fourth-order valence-corrected chi connectivity index (χ4v) is 8.15. The van der Waals surface area contributed by atoms with Crippen LogP contribution >= 0.6 is 7.94 Å². The van der Waals surface area contributed by atoms with Crippen LogP contribution in [0.15, 0.2) is 30.3 Å². The average molecular weight is 664 g/mol. The molecule has 0 radical (unpaired) electrons. The van der Waals surface area contributed by atoms with Gasteiger partial charge < -0.3 is 0 Å². The summed E-state index contributed by atoms with van der Waals surface area (Å²) in [6.07, 6.45) is 43.5. The fraction of sp³-hybridized carbons (Fsp3) is 0.857. The second kappa shape index (κ2) is 34.4. The second-order valence-electron chi connectivity index (χ2n) is 14.1.